The lowest BCUT2D eigenvalue weighted by atomic mass is 10.2. The topological polar surface area (TPSA) is 68.2 Å². The molecular formula is C15H20N4O2. The molecule has 0 aliphatic heterocycles. The molecule has 0 saturated heterocycles. The molecule has 0 bridgehead atoms. The van der Waals surface area contributed by atoms with Crippen LogP contribution in [0, 0.1) is 6.92 Å². The van der Waals surface area contributed by atoms with Crippen molar-refractivity contribution in [2.75, 3.05) is 17.7 Å². The van der Waals surface area contributed by atoms with Crippen molar-refractivity contribution in [1.29, 1.82) is 0 Å². The van der Waals surface area contributed by atoms with Crippen LogP contribution in [-0.4, -0.2) is 22.8 Å². The lowest BCUT2D eigenvalue weighted by Gasteiger charge is -2.13. The van der Waals surface area contributed by atoms with E-state index in [1.165, 1.54) is 6.92 Å². The van der Waals surface area contributed by atoms with Crippen LogP contribution >= 0.6 is 0 Å². The molecule has 0 atom stereocenters. The van der Waals surface area contributed by atoms with E-state index in [9.17, 15) is 4.79 Å². The predicted octanol–water partition coefficient (Wildman–Crippen LogP) is 2.31. The second-order valence-electron chi connectivity index (χ2n) is 4.83. The van der Waals surface area contributed by atoms with E-state index in [1.54, 1.807) is 13.2 Å². The van der Waals surface area contributed by atoms with Crippen molar-refractivity contribution in [3.63, 3.8) is 0 Å². The van der Waals surface area contributed by atoms with Crippen molar-refractivity contribution in [2.24, 2.45) is 7.05 Å². The Kier molecular flexibility index (Phi) is 4.47. The van der Waals surface area contributed by atoms with Crippen LogP contribution in [-0.2, 0) is 18.4 Å². The van der Waals surface area contributed by atoms with Crippen LogP contribution < -0.4 is 15.4 Å². The van der Waals surface area contributed by atoms with Crippen LogP contribution in [0.25, 0.3) is 0 Å². The minimum Gasteiger partial charge on any atom is -0.495 e. The van der Waals surface area contributed by atoms with E-state index < -0.39 is 0 Å². The molecule has 1 heterocycles. The van der Waals surface area contributed by atoms with E-state index in [-0.39, 0.29) is 5.91 Å². The molecule has 1 aromatic carbocycles. The normalized spacial score (nSPS) is 10.3. The number of nitrogens with zero attached hydrogens (tertiary/aromatic N) is 2. The number of hydrogen-bond donors (Lipinski definition) is 2. The molecule has 0 unspecified atom stereocenters. The van der Waals surface area contributed by atoms with Gasteiger partial charge in [0.25, 0.3) is 0 Å². The standard InChI is InChI=1S/C15H20N4O2/c1-10-12(9-17-19(10)3)8-16-14-7-13(18-11(2)20)5-6-15(14)21-4/h5-7,9,16H,8H2,1-4H3,(H,18,20). The van der Waals surface area contributed by atoms with E-state index in [2.05, 4.69) is 15.7 Å². The first-order valence-corrected chi connectivity index (χ1v) is 6.68. The van der Waals surface area contributed by atoms with Crippen molar-refractivity contribution in [2.45, 2.75) is 20.4 Å². The monoisotopic (exact) mass is 288 g/mol. The summed E-state index contributed by atoms with van der Waals surface area (Å²) >= 11 is 0. The second kappa shape index (κ2) is 6.30. The van der Waals surface area contributed by atoms with Gasteiger partial charge in [-0.15, -0.1) is 0 Å². The van der Waals surface area contributed by atoms with Gasteiger partial charge >= 0.3 is 0 Å². The highest BCUT2D eigenvalue weighted by molar-refractivity contribution is 5.89. The molecule has 2 aromatic rings. The Balaban J connectivity index is 2.17. The number of ether oxygens (including phenoxy) is 1. The van der Waals surface area contributed by atoms with Gasteiger partial charge in [0.15, 0.2) is 0 Å². The van der Waals surface area contributed by atoms with Crippen molar-refractivity contribution < 1.29 is 9.53 Å². The molecule has 2 N–H and O–H groups in total. The smallest absolute Gasteiger partial charge is 0.221 e. The zero-order chi connectivity index (χ0) is 15.4. The molecule has 0 aliphatic rings. The Morgan fingerprint density at radius 3 is 2.76 bits per heavy atom. The zero-order valence-corrected chi connectivity index (χ0v) is 12.7. The molecule has 0 fully saturated rings. The Morgan fingerprint density at radius 1 is 1.43 bits per heavy atom. The van der Waals surface area contributed by atoms with E-state index in [0.29, 0.717) is 6.54 Å². The molecule has 0 saturated carbocycles. The number of anilines is 2. The van der Waals surface area contributed by atoms with Crippen molar-refractivity contribution in [3.05, 3.63) is 35.7 Å². The number of aryl methyl sites for hydroxylation is 1. The maximum atomic E-state index is 11.1. The number of nitrogens with one attached hydrogen (secondary N) is 2. The number of hydrogen-bond acceptors (Lipinski definition) is 4. The number of carbonyl (C=O) groups is 1. The highest BCUT2D eigenvalue weighted by Crippen LogP contribution is 2.28. The number of benzene rings is 1. The molecule has 2 rings (SSSR count). The quantitative estimate of drug-likeness (QED) is 0.886. The number of carbonyl (C=O) groups excluding carboxylic acids is 1. The largest absolute Gasteiger partial charge is 0.495 e. The third-order valence-corrected chi connectivity index (χ3v) is 3.33. The van der Waals surface area contributed by atoms with Gasteiger partial charge in [-0.1, -0.05) is 0 Å². The van der Waals surface area contributed by atoms with E-state index in [1.807, 2.05) is 37.0 Å². The van der Waals surface area contributed by atoms with Gasteiger partial charge in [0.1, 0.15) is 5.75 Å². The second-order valence-corrected chi connectivity index (χ2v) is 4.83. The van der Waals surface area contributed by atoms with Gasteiger partial charge in [0.2, 0.25) is 5.91 Å². The van der Waals surface area contributed by atoms with Gasteiger partial charge in [-0.05, 0) is 25.1 Å². The lowest BCUT2D eigenvalue weighted by Crippen LogP contribution is -2.07. The predicted molar refractivity (Wildman–Crippen MR) is 82.6 cm³/mol. The SMILES string of the molecule is COc1ccc(NC(C)=O)cc1NCc1cnn(C)c1C. The fraction of sp³-hybridized carbons (Fsp3) is 0.333. The third kappa shape index (κ3) is 3.53. The Bertz CT molecular complexity index is 649. The number of aromatic nitrogens is 2. The first kappa shape index (κ1) is 14.9. The summed E-state index contributed by atoms with van der Waals surface area (Å²) in [5.41, 5.74) is 3.78. The van der Waals surface area contributed by atoms with Crippen molar-refractivity contribution in [3.8, 4) is 5.75 Å². The van der Waals surface area contributed by atoms with Gasteiger partial charge in [-0.25, -0.2) is 0 Å². The zero-order valence-electron chi connectivity index (χ0n) is 12.7. The maximum Gasteiger partial charge on any atom is 0.221 e. The van der Waals surface area contributed by atoms with E-state index in [4.69, 9.17) is 4.74 Å². The summed E-state index contributed by atoms with van der Waals surface area (Å²) < 4.78 is 7.17. The van der Waals surface area contributed by atoms with E-state index in [0.717, 1.165) is 28.4 Å². The minimum absolute atomic E-state index is 0.103. The van der Waals surface area contributed by atoms with Crippen LogP contribution in [0.4, 0.5) is 11.4 Å². The molecule has 6 nitrogen and oxygen atoms in total. The van der Waals surface area contributed by atoms with Crippen LogP contribution in [0.5, 0.6) is 5.75 Å². The molecule has 1 aromatic heterocycles. The van der Waals surface area contributed by atoms with Gasteiger partial charge in [0.05, 0.1) is 19.0 Å². The molecule has 6 heteroatoms. The molecule has 0 radical (unpaired) electrons. The Labute approximate surface area is 124 Å². The summed E-state index contributed by atoms with van der Waals surface area (Å²) in [7, 11) is 3.53. The lowest BCUT2D eigenvalue weighted by molar-refractivity contribution is -0.114. The summed E-state index contributed by atoms with van der Waals surface area (Å²) in [5, 5.41) is 10.3. The number of rotatable bonds is 5. The first-order chi connectivity index (χ1) is 10.0. The molecule has 0 spiro atoms. The van der Waals surface area contributed by atoms with Crippen molar-refractivity contribution >= 4 is 17.3 Å². The van der Waals surface area contributed by atoms with Crippen LogP contribution in [0.2, 0.25) is 0 Å². The Hall–Kier alpha value is -2.50. The molecule has 0 aliphatic carbocycles. The fourth-order valence-electron chi connectivity index (χ4n) is 2.04. The van der Waals surface area contributed by atoms with Gasteiger partial charge in [-0.2, -0.15) is 5.10 Å². The number of methoxy groups -OCH3 is 1. The summed E-state index contributed by atoms with van der Waals surface area (Å²) in [6, 6.07) is 5.48. The Morgan fingerprint density at radius 2 is 2.19 bits per heavy atom. The van der Waals surface area contributed by atoms with Crippen LogP contribution in [0.1, 0.15) is 18.2 Å². The van der Waals surface area contributed by atoms with Crippen LogP contribution in [0.15, 0.2) is 24.4 Å². The minimum atomic E-state index is -0.103. The number of amides is 1. The van der Waals surface area contributed by atoms with Gasteiger partial charge < -0.3 is 15.4 Å². The highest BCUT2D eigenvalue weighted by Gasteiger charge is 2.08. The molecule has 21 heavy (non-hydrogen) atoms. The van der Waals surface area contributed by atoms with E-state index >= 15 is 0 Å². The molecule has 1 amide bonds. The average molecular weight is 288 g/mol. The summed E-state index contributed by atoms with van der Waals surface area (Å²) in [5.74, 6) is 0.625. The van der Waals surface area contributed by atoms with Crippen LogP contribution in [0.3, 0.4) is 0 Å². The summed E-state index contributed by atoms with van der Waals surface area (Å²) in [4.78, 5) is 11.1. The van der Waals surface area contributed by atoms with Crippen molar-refractivity contribution in [1.82, 2.24) is 9.78 Å². The first-order valence-electron chi connectivity index (χ1n) is 6.68. The third-order valence-electron chi connectivity index (χ3n) is 3.33. The van der Waals surface area contributed by atoms with Gasteiger partial charge in [0, 0.05) is 37.5 Å². The summed E-state index contributed by atoms with van der Waals surface area (Å²) in [6.07, 6.45) is 1.84. The average Bonchev–Trinajstić information content (AvgIpc) is 2.76. The highest BCUT2D eigenvalue weighted by atomic mass is 16.5. The molecular weight excluding hydrogens is 268 g/mol. The maximum absolute atomic E-state index is 11.1. The fourth-order valence-corrected chi connectivity index (χ4v) is 2.04. The molecule has 112 valence electrons. The van der Waals surface area contributed by atoms with Gasteiger partial charge in [-0.3, -0.25) is 9.48 Å². The summed E-state index contributed by atoms with van der Waals surface area (Å²) in [6.45, 7) is 4.14.